The first kappa shape index (κ1) is 9.92. The number of aldehydes is 1. The molecule has 1 N–H and O–H groups in total. The second kappa shape index (κ2) is 4.77. The molecule has 0 fully saturated rings. The molecule has 1 rings (SSSR count). The lowest BCUT2D eigenvalue weighted by Gasteiger charge is -2.02. The highest BCUT2D eigenvalue weighted by atomic mass is 32.2. The maximum absolute atomic E-state index is 11.0. The van der Waals surface area contributed by atoms with E-state index < -0.39 is 10.8 Å². The van der Waals surface area contributed by atoms with Crippen LogP contribution in [0.4, 0.5) is 5.69 Å². The molecule has 0 spiro atoms. The summed E-state index contributed by atoms with van der Waals surface area (Å²) in [5.41, 5.74) is 0.862. The number of hydrogen-bond donors (Lipinski definition) is 1. The zero-order valence-electron chi connectivity index (χ0n) is 7.32. The van der Waals surface area contributed by atoms with E-state index in [2.05, 4.69) is 5.32 Å². The van der Waals surface area contributed by atoms with Crippen LogP contribution in [0.5, 0.6) is 0 Å². The molecule has 3 nitrogen and oxygen atoms in total. The standard InChI is InChI=1S/C9H11NO2S/c1-13(12)9-4-2-8(3-5-9)10-6-7-11/h2-5,7,10H,6H2,1H3. The predicted octanol–water partition coefficient (Wildman–Crippen LogP) is 1.03. The Kier molecular flexibility index (Phi) is 3.64. The summed E-state index contributed by atoms with van der Waals surface area (Å²) in [6, 6.07) is 7.17. The molecule has 0 amide bonds. The average molecular weight is 197 g/mol. The van der Waals surface area contributed by atoms with Crippen molar-refractivity contribution in [2.45, 2.75) is 4.90 Å². The zero-order chi connectivity index (χ0) is 9.68. The highest BCUT2D eigenvalue weighted by Gasteiger charge is 1.96. The van der Waals surface area contributed by atoms with Crippen LogP contribution >= 0.6 is 0 Å². The second-order valence-electron chi connectivity index (χ2n) is 2.53. The second-order valence-corrected chi connectivity index (χ2v) is 3.91. The van der Waals surface area contributed by atoms with Crippen LogP contribution in [-0.4, -0.2) is 23.3 Å². The molecule has 0 saturated heterocycles. The summed E-state index contributed by atoms with van der Waals surface area (Å²) in [6.07, 6.45) is 2.43. The van der Waals surface area contributed by atoms with Crippen molar-refractivity contribution in [3.05, 3.63) is 24.3 Å². The van der Waals surface area contributed by atoms with Gasteiger partial charge in [-0.1, -0.05) is 0 Å². The van der Waals surface area contributed by atoms with Crippen molar-refractivity contribution in [2.75, 3.05) is 18.1 Å². The topological polar surface area (TPSA) is 46.2 Å². The molecule has 1 aromatic carbocycles. The fourth-order valence-electron chi connectivity index (χ4n) is 0.924. The van der Waals surface area contributed by atoms with Gasteiger partial charge in [0.25, 0.3) is 0 Å². The van der Waals surface area contributed by atoms with E-state index in [9.17, 15) is 9.00 Å². The molecule has 0 aliphatic carbocycles. The van der Waals surface area contributed by atoms with Crippen molar-refractivity contribution in [3.8, 4) is 0 Å². The van der Waals surface area contributed by atoms with Gasteiger partial charge in [-0.2, -0.15) is 0 Å². The van der Waals surface area contributed by atoms with Crippen LogP contribution in [0.25, 0.3) is 0 Å². The summed E-state index contributed by atoms with van der Waals surface area (Å²) in [7, 11) is -0.940. The molecule has 1 atom stereocenters. The van der Waals surface area contributed by atoms with Crippen molar-refractivity contribution < 1.29 is 9.00 Å². The van der Waals surface area contributed by atoms with Gasteiger partial charge in [-0.25, -0.2) is 0 Å². The number of anilines is 1. The Hall–Kier alpha value is -1.16. The van der Waals surface area contributed by atoms with E-state index in [1.807, 2.05) is 0 Å². The van der Waals surface area contributed by atoms with Gasteiger partial charge >= 0.3 is 0 Å². The van der Waals surface area contributed by atoms with Crippen molar-refractivity contribution in [2.24, 2.45) is 0 Å². The normalized spacial score (nSPS) is 12.1. The average Bonchev–Trinajstić information content (AvgIpc) is 2.15. The van der Waals surface area contributed by atoms with Gasteiger partial charge in [0.15, 0.2) is 0 Å². The fraction of sp³-hybridized carbons (Fsp3) is 0.222. The monoisotopic (exact) mass is 197 g/mol. The lowest BCUT2D eigenvalue weighted by Crippen LogP contribution is -2.01. The highest BCUT2D eigenvalue weighted by molar-refractivity contribution is 7.84. The van der Waals surface area contributed by atoms with Gasteiger partial charge in [0.2, 0.25) is 0 Å². The van der Waals surface area contributed by atoms with E-state index in [-0.39, 0.29) is 0 Å². The number of carbonyl (C=O) groups excluding carboxylic acids is 1. The minimum absolute atomic E-state index is 0.300. The Morgan fingerprint density at radius 3 is 2.46 bits per heavy atom. The third kappa shape index (κ3) is 2.99. The van der Waals surface area contributed by atoms with Crippen molar-refractivity contribution in [1.82, 2.24) is 0 Å². The molecule has 0 aliphatic rings. The molecule has 0 aromatic heterocycles. The maximum atomic E-state index is 11.0. The summed E-state index contributed by atoms with van der Waals surface area (Å²) >= 11 is 0. The predicted molar refractivity (Wildman–Crippen MR) is 53.3 cm³/mol. The van der Waals surface area contributed by atoms with Gasteiger partial charge in [-0.05, 0) is 24.3 Å². The van der Waals surface area contributed by atoms with Crippen LogP contribution in [0, 0.1) is 0 Å². The molecule has 0 bridgehead atoms. The third-order valence-electron chi connectivity index (χ3n) is 1.58. The molecule has 70 valence electrons. The summed E-state index contributed by atoms with van der Waals surface area (Å²) in [6.45, 7) is 0.300. The SMILES string of the molecule is CS(=O)c1ccc(NCC=O)cc1. The van der Waals surface area contributed by atoms with Crippen LogP contribution < -0.4 is 5.32 Å². The zero-order valence-corrected chi connectivity index (χ0v) is 8.14. The maximum Gasteiger partial charge on any atom is 0.139 e. The summed E-state index contributed by atoms with van der Waals surface area (Å²) in [5, 5.41) is 2.89. The summed E-state index contributed by atoms with van der Waals surface area (Å²) < 4.78 is 11.0. The van der Waals surface area contributed by atoms with Gasteiger partial charge in [-0.3, -0.25) is 4.21 Å². The molecule has 0 radical (unpaired) electrons. The Morgan fingerprint density at radius 2 is 2.00 bits per heavy atom. The van der Waals surface area contributed by atoms with E-state index in [4.69, 9.17) is 0 Å². The van der Waals surface area contributed by atoms with Gasteiger partial charge in [0, 0.05) is 27.6 Å². The Labute approximate surface area is 79.6 Å². The number of rotatable bonds is 4. The van der Waals surface area contributed by atoms with Gasteiger partial charge in [-0.15, -0.1) is 0 Å². The molecule has 1 unspecified atom stereocenters. The molecule has 1 aromatic rings. The number of carbonyl (C=O) groups is 1. The summed E-state index contributed by atoms with van der Waals surface area (Å²) in [4.78, 5) is 10.8. The largest absolute Gasteiger partial charge is 0.378 e. The first-order valence-corrected chi connectivity index (χ1v) is 5.41. The number of benzene rings is 1. The van der Waals surface area contributed by atoms with E-state index in [0.717, 1.165) is 16.9 Å². The van der Waals surface area contributed by atoms with Crippen LogP contribution in [0.2, 0.25) is 0 Å². The lowest BCUT2D eigenvalue weighted by molar-refractivity contribution is -0.106. The minimum Gasteiger partial charge on any atom is -0.378 e. The minimum atomic E-state index is -0.940. The third-order valence-corrected chi connectivity index (χ3v) is 2.51. The van der Waals surface area contributed by atoms with Crippen LogP contribution in [-0.2, 0) is 15.6 Å². The van der Waals surface area contributed by atoms with E-state index in [1.54, 1.807) is 30.5 Å². The Morgan fingerprint density at radius 1 is 1.38 bits per heavy atom. The van der Waals surface area contributed by atoms with Crippen molar-refractivity contribution >= 4 is 22.8 Å². The molecular weight excluding hydrogens is 186 g/mol. The van der Waals surface area contributed by atoms with Crippen LogP contribution in [0.15, 0.2) is 29.2 Å². The van der Waals surface area contributed by atoms with E-state index in [0.29, 0.717) is 6.54 Å². The number of nitrogens with one attached hydrogen (secondary N) is 1. The van der Waals surface area contributed by atoms with Gasteiger partial charge in [0.05, 0.1) is 6.54 Å². The molecule has 0 heterocycles. The van der Waals surface area contributed by atoms with Gasteiger partial charge in [0.1, 0.15) is 6.29 Å². The van der Waals surface area contributed by atoms with Crippen molar-refractivity contribution in [3.63, 3.8) is 0 Å². The molecule has 0 saturated carbocycles. The Bertz CT molecular complexity index is 308. The molecule has 4 heteroatoms. The quantitative estimate of drug-likeness (QED) is 0.733. The van der Waals surface area contributed by atoms with Crippen LogP contribution in [0.3, 0.4) is 0 Å². The fourth-order valence-corrected chi connectivity index (χ4v) is 1.44. The molecule has 0 aliphatic heterocycles. The first-order valence-electron chi connectivity index (χ1n) is 3.85. The number of hydrogen-bond acceptors (Lipinski definition) is 3. The molecular formula is C9H11NO2S. The van der Waals surface area contributed by atoms with Gasteiger partial charge < -0.3 is 10.1 Å². The van der Waals surface area contributed by atoms with Crippen molar-refractivity contribution in [1.29, 1.82) is 0 Å². The highest BCUT2D eigenvalue weighted by Crippen LogP contribution is 2.10. The van der Waals surface area contributed by atoms with E-state index >= 15 is 0 Å². The van der Waals surface area contributed by atoms with Crippen LogP contribution in [0.1, 0.15) is 0 Å². The lowest BCUT2D eigenvalue weighted by atomic mass is 10.3. The van der Waals surface area contributed by atoms with E-state index in [1.165, 1.54) is 0 Å². The first-order chi connectivity index (χ1) is 6.24. The summed E-state index contributed by atoms with van der Waals surface area (Å²) in [5.74, 6) is 0. The molecule has 13 heavy (non-hydrogen) atoms. The Balaban J connectivity index is 2.69. The smallest absolute Gasteiger partial charge is 0.139 e.